The Bertz CT molecular complexity index is 1450. The van der Waals surface area contributed by atoms with Gasteiger partial charge in [0.1, 0.15) is 11.5 Å². The number of carbonyl (C=O) groups is 1. The highest BCUT2D eigenvalue weighted by Crippen LogP contribution is 2.32. The Morgan fingerprint density at radius 1 is 0.970 bits per heavy atom. The molecule has 0 aliphatic carbocycles. The van der Waals surface area contributed by atoms with Gasteiger partial charge in [0.05, 0.1) is 10.6 Å². The molecule has 8 heteroatoms. The van der Waals surface area contributed by atoms with E-state index in [1.165, 1.54) is 6.08 Å². The molecule has 162 valence electrons. The van der Waals surface area contributed by atoms with E-state index in [1.54, 1.807) is 60.8 Å². The molecule has 1 N–H and O–H groups in total. The van der Waals surface area contributed by atoms with E-state index in [2.05, 4.69) is 15.3 Å². The molecular weight excluding hydrogens is 461 g/mol. The van der Waals surface area contributed by atoms with Crippen LogP contribution in [-0.2, 0) is 4.79 Å². The molecule has 5 aromatic rings. The van der Waals surface area contributed by atoms with E-state index in [0.717, 1.165) is 5.56 Å². The molecular formula is C25H15Cl2N3O3. The molecule has 0 aliphatic heterocycles. The maximum atomic E-state index is 12.4. The first kappa shape index (κ1) is 21.0. The highest BCUT2D eigenvalue weighted by atomic mass is 35.5. The van der Waals surface area contributed by atoms with Crippen LogP contribution >= 0.6 is 23.2 Å². The van der Waals surface area contributed by atoms with Gasteiger partial charge in [0, 0.05) is 28.5 Å². The van der Waals surface area contributed by atoms with Crippen LogP contribution in [0.2, 0.25) is 10.0 Å². The molecule has 0 aliphatic rings. The van der Waals surface area contributed by atoms with Crippen LogP contribution in [0.25, 0.3) is 40.1 Å². The van der Waals surface area contributed by atoms with Crippen molar-refractivity contribution >= 4 is 52.1 Å². The summed E-state index contributed by atoms with van der Waals surface area (Å²) in [6.45, 7) is 0. The van der Waals surface area contributed by atoms with E-state index >= 15 is 0 Å². The molecule has 2 aromatic carbocycles. The summed E-state index contributed by atoms with van der Waals surface area (Å²) < 4.78 is 11.5. The Hall–Kier alpha value is -3.87. The summed E-state index contributed by atoms with van der Waals surface area (Å²) in [5.74, 6) is 1.23. The predicted molar refractivity (Wildman–Crippen MR) is 129 cm³/mol. The summed E-state index contributed by atoms with van der Waals surface area (Å²) in [6.07, 6.45) is 4.62. The molecule has 0 fully saturated rings. The van der Waals surface area contributed by atoms with Gasteiger partial charge in [-0.3, -0.25) is 4.79 Å². The monoisotopic (exact) mass is 475 g/mol. The second-order valence-electron chi connectivity index (χ2n) is 7.07. The molecule has 5 rings (SSSR count). The molecule has 0 atom stereocenters. The summed E-state index contributed by atoms with van der Waals surface area (Å²) in [5.41, 5.74) is 3.02. The minimum atomic E-state index is -0.327. The Morgan fingerprint density at radius 2 is 1.82 bits per heavy atom. The molecule has 33 heavy (non-hydrogen) atoms. The normalized spacial score (nSPS) is 11.3. The second kappa shape index (κ2) is 8.94. The zero-order valence-corrected chi connectivity index (χ0v) is 18.5. The Morgan fingerprint density at radius 3 is 2.64 bits per heavy atom. The van der Waals surface area contributed by atoms with E-state index in [1.807, 2.05) is 18.2 Å². The van der Waals surface area contributed by atoms with Gasteiger partial charge in [0.15, 0.2) is 11.2 Å². The molecule has 1 amide bonds. The number of nitrogens with one attached hydrogen (secondary N) is 1. The van der Waals surface area contributed by atoms with Crippen LogP contribution in [0.5, 0.6) is 0 Å². The number of carbonyl (C=O) groups excluding carboxylic acids is 1. The molecule has 0 bridgehead atoms. The van der Waals surface area contributed by atoms with Gasteiger partial charge in [-0.25, -0.2) is 4.98 Å². The predicted octanol–water partition coefficient (Wildman–Crippen LogP) is 7.11. The largest absolute Gasteiger partial charge is 0.457 e. The summed E-state index contributed by atoms with van der Waals surface area (Å²) in [5, 5.41) is 3.90. The van der Waals surface area contributed by atoms with Crippen molar-refractivity contribution < 1.29 is 13.6 Å². The molecule has 0 radical (unpaired) electrons. The minimum Gasteiger partial charge on any atom is -0.457 e. The smallest absolute Gasteiger partial charge is 0.248 e. The van der Waals surface area contributed by atoms with Gasteiger partial charge in [-0.1, -0.05) is 23.2 Å². The topological polar surface area (TPSA) is 81.2 Å². The second-order valence-corrected chi connectivity index (χ2v) is 7.91. The lowest BCUT2D eigenvalue weighted by Crippen LogP contribution is -2.07. The number of oxazole rings is 1. The summed E-state index contributed by atoms with van der Waals surface area (Å²) >= 11 is 12.3. The molecule has 3 heterocycles. The fourth-order valence-corrected chi connectivity index (χ4v) is 3.53. The average Bonchev–Trinajstić information content (AvgIpc) is 3.46. The van der Waals surface area contributed by atoms with E-state index in [4.69, 9.17) is 32.0 Å². The number of aromatic nitrogens is 2. The number of halogens is 2. The highest BCUT2D eigenvalue weighted by molar-refractivity contribution is 6.33. The van der Waals surface area contributed by atoms with Gasteiger partial charge in [-0.05, 0) is 72.8 Å². The van der Waals surface area contributed by atoms with Crippen molar-refractivity contribution in [3.63, 3.8) is 0 Å². The summed E-state index contributed by atoms with van der Waals surface area (Å²) in [7, 11) is 0. The lowest BCUT2D eigenvalue weighted by Gasteiger charge is -2.05. The van der Waals surface area contributed by atoms with Crippen LogP contribution in [-0.4, -0.2) is 15.9 Å². The first-order valence-electron chi connectivity index (χ1n) is 9.91. The van der Waals surface area contributed by atoms with E-state index in [9.17, 15) is 4.79 Å². The molecule has 3 aromatic heterocycles. The number of anilines is 1. The van der Waals surface area contributed by atoms with Gasteiger partial charge in [0.25, 0.3) is 0 Å². The summed E-state index contributed by atoms with van der Waals surface area (Å²) in [4.78, 5) is 21.0. The van der Waals surface area contributed by atoms with E-state index in [0.29, 0.717) is 49.9 Å². The first-order chi connectivity index (χ1) is 16.0. The number of hydrogen-bond donors (Lipinski definition) is 1. The number of nitrogens with zero attached hydrogens (tertiary/aromatic N) is 2. The highest BCUT2D eigenvalue weighted by Gasteiger charge is 2.13. The first-order valence-corrected chi connectivity index (χ1v) is 10.7. The van der Waals surface area contributed by atoms with Gasteiger partial charge in [-0.2, -0.15) is 4.98 Å². The number of rotatable bonds is 5. The molecule has 0 saturated heterocycles. The lowest BCUT2D eigenvalue weighted by atomic mass is 10.2. The van der Waals surface area contributed by atoms with E-state index < -0.39 is 0 Å². The third-order valence-corrected chi connectivity index (χ3v) is 5.37. The van der Waals surface area contributed by atoms with Crippen molar-refractivity contribution in [3.8, 4) is 22.8 Å². The van der Waals surface area contributed by atoms with E-state index in [-0.39, 0.29) is 5.91 Å². The van der Waals surface area contributed by atoms with Crippen LogP contribution in [0.1, 0.15) is 5.76 Å². The average molecular weight is 476 g/mol. The molecule has 0 unspecified atom stereocenters. The standard InChI is InChI=1S/C25H15Cl2N3O3/c26-16-5-3-15(4-6-16)21-11-8-18(32-21)9-12-23(31)29-17-7-10-20(27)19(14-17)25-30-24-22(33-25)2-1-13-28-24/h1-14H,(H,29,31)/b12-9+. The van der Waals surface area contributed by atoms with Crippen molar-refractivity contribution in [2.24, 2.45) is 0 Å². The van der Waals surface area contributed by atoms with Crippen LogP contribution in [0.15, 0.2) is 87.8 Å². The number of furan rings is 1. The number of benzene rings is 2. The van der Waals surface area contributed by atoms with Crippen molar-refractivity contribution in [1.29, 1.82) is 0 Å². The molecule has 0 spiro atoms. The maximum absolute atomic E-state index is 12.4. The fourth-order valence-electron chi connectivity index (χ4n) is 3.20. The lowest BCUT2D eigenvalue weighted by molar-refractivity contribution is -0.111. The third-order valence-electron chi connectivity index (χ3n) is 4.78. The van der Waals surface area contributed by atoms with Crippen molar-refractivity contribution in [2.45, 2.75) is 0 Å². The van der Waals surface area contributed by atoms with Crippen molar-refractivity contribution in [2.75, 3.05) is 5.32 Å². The quantitative estimate of drug-likeness (QED) is 0.274. The number of hydrogen-bond acceptors (Lipinski definition) is 5. The van der Waals surface area contributed by atoms with Gasteiger partial charge >= 0.3 is 0 Å². The van der Waals surface area contributed by atoms with Crippen molar-refractivity contribution in [3.05, 3.63) is 94.8 Å². The van der Waals surface area contributed by atoms with Crippen LogP contribution < -0.4 is 5.32 Å². The third kappa shape index (κ3) is 4.67. The molecule has 0 saturated carbocycles. The fraction of sp³-hybridized carbons (Fsp3) is 0. The van der Waals surface area contributed by atoms with Gasteiger partial charge in [-0.15, -0.1) is 0 Å². The Labute approximate surface area is 198 Å². The van der Waals surface area contributed by atoms with Crippen LogP contribution in [0.4, 0.5) is 5.69 Å². The zero-order valence-electron chi connectivity index (χ0n) is 17.0. The SMILES string of the molecule is O=C(/C=C/c1ccc(-c2ccc(Cl)cc2)o1)Nc1ccc(Cl)c(-c2nc3ncccc3o2)c1. The van der Waals surface area contributed by atoms with Crippen LogP contribution in [0, 0.1) is 0 Å². The number of fused-ring (bicyclic) bond motifs is 1. The number of amides is 1. The molecule has 6 nitrogen and oxygen atoms in total. The van der Waals surface area contributed by atoms with Crippen LogP contribution in [0.3, 0.4) is 0 Å². The number of pyridine rings is 1. The zero-order chi connectivity index (χ0) is 22.8. The maximum Gasteiger partial charge on any atom is 0.248 e. The van der Waals surface area contributed by atoms with Crippen molar-refractivity contribution in [1.82, 2.24) is 9.97 Å². The Kier molecular flexibility index (Phi) is 5.69. The van der Waals surface area contributed by atoms with Gasteiger partial charge in [0.2, 0.25) is 11.8 Å². The van der Waals surface area contributed by atoms with Gasteiger partial charge < -0.3 is 14.2 Å². The summed E-state index contributed by atoms with van der Waals surface area (Å²) in [6, 6.07) is 19.5. The minimum absolute atomic E-state index is 0.325. The Balaban J connectivity index is 1.30.